The molecule has 15 heavy (non-hydrogen) atoms. The fourth-order valence-corrected chi connectivity index (χ4v) is 2.47. The van der Waals surface area contributed by atoms with E-state index in [1.54, 1.807) is 0 Å². The van der Waals surface area contributed by atoms with Crippen LogP contribution in [0.1, 0.15) is 46.5 Å². The zero-order valence-electron chi connectivity index (χ0n) is 10.7. The Morgan fingerprint density at radius 1 is 1.27 bits per heavy atom. The number of hydrogen-bond acceptors (Lipinski definition) is 2. The Morgan fingerprint density at radius 2 is 1.93 bits per heavy atom. The third-order valence-electron chi connectivity index (χ3n) is 3.42. The molecule has 0 spiro atoms. The summed E-state index contributed by atoms with van der Waals surface area (Å²) in [5, 5.41) is 7.07. The van der Waals surface area contributed by atoms with E-state index in [-0.39, 0.29) is 0 Å². The molecule has 2 heteroatoms. The Labute approximate surface area is 95.2 Å². The van der Waals surface area contributed by atoms with Crippen LogP contribution in [0.5, 0.6) is 0 Å². The predicted molar refractivity (Wildman–Crippen MR) is 67.2 cm³/mol. The van der Waals surface area contributed by atoms with Crippen molar-refractivity contribution >= 4 is 0 Å². The molecule has 0 atom stereocenters. The Bertz CT molecular complexity index is 160. The topological polar surface area (TPSA) is 24.1 Å². The van der Waals surface area contributed by atoms with Crippen molar-refractivity contribution in [3.05, 3.63) is 0 Å². The van der Waals surface area contributed by atoms with Gasteiger partial charge >= 0.3 is 0 Å². The number of nitrogens with one attached hydrogen (secondary N) is 2. The molecule has 0 radical (unpaired) electrons. The molecular formula is C13H28N2. The zero-order valence-corrected chi connectivity index (χ0v) is 10.7. The van der Waals surface area contributed by atoms with Crippen molar-refractivity contribution in [2.24, 2.45) is 11.3 Å². The van der Waals surface area contributed by atoms with Crippen molar-refractivity contribution < 1.29 is 0 Å². The highest BCUT2D eigenvalue weighted by molar-refractivity contribution is 4.74. The molecule has 1 saturated heterocycles. The van der Waals surface area contributed by atoms with Crippen molar-refractivity contribution in [3.8, 4) is 0 Å². The van der Waals surface area contributed by atoms with E-state index < -0.39 is 0 Å². The first-order valence-corrected chi connectivity index (χ1v) is 6.55. The number of piperidine rings is 1. The van der Waals surface area contributed by atoms with Gasteiger partial charge in [-0.15, -0.1) is 0 Å². The minimum Gasteiger partial charge on any atom is -0.317 e. The monoisotopic (exact) mass is 212 g/mol. The van der Waals surface area contributed by atoms with Crippen LogP contribution < -0.4 is 10.6 Å². The summed E-state index contributed by atoms with van der Waals surface area (Å²) in [4.78, 5) is 0. The van der Waals surface area contributed by atoms with Crippen LogP contribution in [0.25, 0.3) is 0 Å². The van der Waals surface area contributed by atoms with Gasteiger partial charge in [-0.1, -0.05) is 27.2 Å². The first-order chi connectivity index (χ1) is 7.14. The molecule has 2 nitrogen and oxygen atoms in total. The van der Waals surface area contributed by atoms with Gasteiger partial charge in [-0.3, -0.25) is 0 Å². The summed E-state index contributed by atoms with van der Waals surface area (Å²) in [7, 11) is 0. The van der Waals surface area contributed by atoms with Crippen molar-refractivity contribution in [3.63, 3.8) is 0 Å². The molecule has 0 bridgehead atoms. The van der Waals surface area contributed by atoms with Gasteiger partial charge in [-0.2, -0.15) is 0 Å². The van der Waals surface area contributed by atoms with E-state index in [1.165, 1.54) is 51.9 Å². The maximum Gasteiger partial charge on any atom is 0.000263 e. The highest BCUT2D eigenvalue weighted by Gasteiger charge is 2.17. The van der Waals surface area contributed by atoms with Crippen LogP contribution in [0.3, 0.4) is 0 Å². The summed E-state index contributed by atoms with van der Waals surface area (Å²) in [5.41, 5.74) is 0.474. The Balaban J connectivity index is 2.09. The van der Waals surface area contributed by atoms with E-state index in [9.17, 15) is 0 Å². The van der Waals surface area contributed by atoms with Crippen LogP contribution >= 0.6 is 0 Å². The van der Waals surface area contributed by atoms with Gasteiger partial charge in [-0.05, 0) is 50.2 Å². The van der Waals surface area contributed by atoms with E-state index >= 15 is 0 Å². The summed E-state index contributed by atoms with van der Waals surface area (Å²) >= 11 is 0. The highest BCUT2D eigenvalue weighted by atomic mass is 14.9. The van der Waals surface area contributed by atoms with Gasteiger partial charge in [0.15, 0.2) is 0 Å². The fraction of sp³-hybridized carbons (Fsp3) is 1.00. The lowest BCUT2D eigenvalue weighted by atomic mass is 9.87. The van der Waals surface area contributed by atoms with E-state index in [0.717, 1.165) is 5.92 Å². The molecule has 90 valence electrons. The molecule has 0 aliphatic carbocycles. The highest BCUT2D eigenvalue weighted by Crippen LogP contribution is 2.21. The average Bonchev–Trinajstić information content (AvgIpc) is 2.19. The van der Waals surface area contributed by atoms with E-state index in [4.69, 9.17) is 0 Å². The van der Waals surface area contributed by atoms with Crippen LogP contribution in [0.4, 0.5) is 0 Å². The zero-order chi connectivity index (χ0) is 11.1. The standard InChI is InChI=1S/C13H28N2/c1-4-7-13(2,3)11-15-10-12-5-8-14-9-6-12/h12,14-15H,4-11H2,1-3H3. The Hall–Kier alpha value is -0.0800. The van der Waals surface area contributed by atoms with E-state index in [2.05, 4.69) is 31.4 Å². The van der Waals surface area contributed by atoms with Gasteiger partial charge in [0.2, 0.25) is 0 Å². The second-order valence-corrected chi connectivity index (χ2v) is 5.74. The second-order valence-electron chi connectivity index (χ2n) is 5.74. The third-order valence-corrected chi connectivity index (χ3v) is 3.42. The molecule has 0 aromatic rings. The Kier molecular flexibility index (Phi) is 5.62. The van der Waals surface area contributed by atoms with Crippen LogP contribution in [-0.4, -0.2) is 26.2 Å². The molecule has 0 saturated carbocycles. The summed E-state index contributed by atoms with van der Waals surface area (Å²) in [6.45, 7) is 11.8. The van der Waals surface area contributed by atoms with E-state index in [0.29, 0.717) is 5.41 Å². The van der Waals surface area contributed by atoms with Crippen molar-refractivity contribution in [2.75, 3.05) is 26.2 Å². The van der Waals surface area contributed by atoms with Crippen molar-refractivity contribution in [2.45, 2.75) is 46.5 Å². The van der Waals surface area contributed by atoms with Gasteiger partial charge in [-0.25, -0.2) is 0 Å². The van der Waals surface area contributed by atoms with Crippen LogP contribution in [-0.2, 0) is 0 Å². The summed E-state index contributed by atoms with van der Waals surface area (Å²) < 4.78 is 0. The fourth-order valence-electron chi connectivity index (χ4n) is 2.47. The predicted octanol–water partition coefficient (Wildman–Crippen LogP) is 2.40. The minimum absolute atomic E-state index is 0.474. The second kappa shape index (κ2) is 6.49. The van der Waals surface area contributed by atoms with E-state index in [1.807, 2.05) is 0 Å². The molecule has 2 N–H and O–H groups in total. The maximum absolute atomic E-state index is 3.65. The molecule has 1 heterocycles. The molecule has 0 amide bonds. The lowest BCUT2D eigenvalue weighted by Gasteiger charge is -2.27. The lowest BCUT2D eigenvalue weighted by molar-refractivity contribution is 0.285. The number of rotatable bonds is 6. The van der Waals surface area contributed by atoms with Crippen molar-refractivity contribution in [1.82, 2.24) is 10.6 Å². The van der Waals surface area contributed by atoms with Crippen molar-refractivity contribution in [1.29, 1.82) is 0 Å². The summed E-state index contributed by atoms with van der Waals surface area (Å²) in [5.74, 6) is 0.906. The summed E-state index contributed by atoms with van der Waals surface area (Å²) in [6.07, 6.45) is 5.32. The lowest BCUT2D eigenvalue weighted by Crippen LogP contribution is -2.37. The summed E-state index contributed by atoms with van der Waals surface area (Å²) in [6, 6.07) is 0. The molecular weight excluding hydrogens is 184 g/mol. The van der Waals surface area contributed by atoms with Gasteiger partial charge < -0.3 is 10.6 Å². The quantitative estimate of drug-likeness (QED) is 0.706. The number of hydrogen-bond donors (Lipinski definition) is 2. The minimum atomic E-state index is 0.474. The average molecular weight is 212 g/mol. The molecule has 1 fully saturated rings. The third kappa shape index (κ3) is 5.53. The van der Waals surface area contributed by atoms with Gasteiger partial charge in [0.05, 0.1) is 0 Å². The molecule has 0 aromatic heterocycles. The molecule has 1 aliphatic rings. The normalized spacial score (nSPS) is 19.4. The molecule has 1 aliphatic heterocycles. The first-order valence-electron chi connectivity index (χ1n) is 6.55. The maximum atomic E-state index is 3.65. The Morgan fingerprint density at radius 3 is 2.53 bits per heavy atom. The van der Waals surface area contributed by atoms with Crippen LogP contribution in [0.15, 0.2) is 0 Å². The largest absolute Gasteiger partial charge is 0.317 e. The molecule has 0 unspecified atom stereocenters. The van der Waals surface area contributed by atoms with Crippen LogP contribution in [0, 0.1) is 11.3 Å². The van der Waals surface area contributed by atoms with Gasteiger partial charge in [0.25, 0.3) is 0 Å². The molecule has 1 rings (SSSR count). The van der Waals surface area contributed by atoms with Gasteiger partial charge in [0.1, 0.15) is 0 Å². The first kappa shape index (κ1) is 13.0. The SMILES string of the molecule is CCCC(C)(C)CNCC1CCNCC1. The van der Waals surface area contributed by atoms with Crippen LogP contribution in [0.2, 0.25) is 0 Å². The molecule has 0 aromatic carbocycles. The smallest absolute Gasteiger partial charge is 0.000263 e. The van der Waals surface area contributed by atoms with Gasteiger partial charge in [0, 0.05) is 6.54 Å².